The van der Waals surface area contributed by atoms with Gasteiger partial charge in [0.15, 0.2) is 6.61 Å². The van der Waals surface area contributed by atoms with Gasteiger partial charge in [-0.1, -0.05) is 39.0 Å². The van der Waals surface area contributed by atoms with E-state index in [2.05, 4.69) is 26.2 Å². The number of halogens is 1. The maximum absolute atomic E-state index is 13.4. The number of ether oxygens (including phenoxy) is 1. The van der Waals surface area contributed by atoms with E-state index in [1.807, 2.05) is 0 Å². The average Bonchev–Trinajstić information content (AvgIpc) is 3.35. The monoisotopic (exact) mass is 619 g/mol. The molecule has 3 aromatic rings. The molecule has 3 atom stereocenters. The predicted octanol–water partition coefficient (Wildman–Crippen LogP) is 2.60. The Balaban J connectivity index is 1.49. The van der Waals surface area contributed by atoms with Crippen LogP contribution in [0.2, 0.25) is 0 Å². The fourth-order valence-corrected chi connectivity index (χ4v) is 7.39. The number of carboxylic acids is 1. The average molecular weight is 620 g/mol. The number of carbonyl (C=O) groups excluding carboxylic acids is 3. The van der Waals surface area contributed by atoms with Crippen molar-refractivity contribution < 1.29 is 34.1 Å². The van der Waals surface area contributed by atoms with Crippen LogP contribution < -0.4 is 14.9 Å². The molecule has 2 aliphatic heterocycles. The van der Waals surface area contributed by atoms with E-state index < -0.39 is 47.3 Å². The molecule has 196 valence electrons. The first-order valence-corrected chi connectivity index (χ1v) is 13.6. The molecule has 3 amide bonds. The summed E-state index contributed by atoms with van der Waals surface area (Å²) in [6, 6.07) is 10.9. The van der Waals surface area contributed by atoms with E-state index in [9.17, 15) is 34.2 Å². The third-order valence-electron chi connectivity index (χ3n) is 6.03. The zero-order valence-electron chi connectivity index (χ0n) is 19.2. The number of thioether (sulfide) groups is 1. The first-order chi connectivity index (χ1) is 18.1. The third-order valence-corrected chi connectivity index (χ3v) is 8.92. The van der Waals surface area contributed by atoms with Gasteiger partial charge in [0, 0.05) is 26.5 Å². The summed E-state index contributed by atoms with van der Waals surface area (Å²) in [4.78, 5) is 66.2. The number of thiazole rings is 1. The standard InChI is InChI=1S/C24H18BrN3O8S2/c25-10-1-6-14(36-9-15(30)26-11-2-4-12(29)5-3-11)13(7-10)17-18-20(37-21-19(17)38-24(35)27-21)23(34)28(22(18)33)8-16(31)32/h1-7,17-18,20,29H,8-9H2,(H,26,30)(H,27,35)(H,31,32)/t17-,18?,20?/m0/s1. The van der Waals surface area contributed by atoms with Crippen molar-refractivity contribution in [2.75, 3.05) is 18.5 Å². The zero-order chi connectivity index (χ0) is 27.1. The van der Waals surface area contributed by atoms with Gasteiger partial charge in [-0.2, -0.15) is 0 Å². The minimum atomic E-state index is -1.32. The Kier molecular flexibility index (Phi) is 7.03. The molecule has 5 rings (SSSR count). The number of nitrogens with zero attached hydrogens (tertiary/aromatic N) is 1. The van der Waals surface area contributed by atoms with Crippen LogP contribution in [0.15, 0.2) is 56.8 Å². The molecule has 0 aliphatic carbocycles. The van der Waals surface area contributed by atoms with Crippen LogP contribution in [0.1, 0.15) is 16.4 Å². The van der Waals surface area contributed by atoms with E-state index in [1.165, 1.54) is 24.3 Å². The highest BCUT2D eigenvalue weighted by Gasteiger charge is 2.56. The number of anilines is 1. The summed E-state index contributed by atoms with van der Waals surface area (Å²) in [7, 11) is 0. The van der Waals surface area contributed by atoms with Crippen LogP contribution in [0, 0.1) is 5.92 Å². The molecule has 0 radical (unpaired) electrons. The van der Waals surface area contributed by atoms with E-state index >= 15 is 0 Å². The minimum Gasteiger partial charge on any atom is -0.508 e. The largest absolute Gasteiger partial charge is 0.508 e. The second kappa shape index (κ2) is 10.3. The van der Waals surface area contributed by atoms with Crippen molar-refractivity contribution in [1.29, 1.82) is 0 Å². The lowest BCUT2D eigenvalue weighted by Crippen LogP contribution is -2.36. The molecule has 0 spiro atoms. The number of hydrogen-bond acceptors (Lipinski definition) is 9. The molecule has 1 saturated heterocycles. The van der Waals surface area contributed by atoms with Gasteiger partial charge in [0.2, 0.25) is 11.8 Å². The summed E-state index contributed by atoms with van der Waals surface area (Å²) in [5.74, 6) is -4.56. The number of hydrogen-bond donors (Lipinski definition) is 4. The maximum Gasteiger partial charge on any atom is 0.323 e. The van der Waals surface area contributed by atoms with Gasteiger partial charge in [-0.25, -0.2) is 0 Å². The molecule has 2 unspecified atom stereocenters. The number of rotatable bonds is 7. The quantitative estimate of drug-likeness (QED) is 0.229. The first-order valence-electron chi connectivity index (χ1n) is 11.1. The number of aromatic amines is 1. The van der Waals surface area contributed by atoms with Crippen LogP contribution in [0.4, 0.5) is 5.69 Å². The second-order valence-electron chi connectivity index (χ2n) is 8.47. The van der Waals surface area contributed by atoms with E-state index in [0.29, 0.717) is 25.6 Å². The van der Waals surface area contributed by atoms with Crippen molar-refractivity contribution in [3.05, 3.63) is 67.0 Å². The number of carbonyl (C=O) groups is 4. The van der Waals surface area contributed by atoms with Crippen LogP contribution in [0.25, 0.3) is 0 Å². The van der Waals surface area contributed by atoms with Crippen LogP contribution in [-0.2, 0) is 19.2 Å². The van der Waals surface area contributed by atoms with Crippen molar-refractivity contribution >= 4 is 68.4 Å². The molecule has 1 fully saturated rings. The van der Waals surface area contributed by atoms with Crippen molar-refractivity contribution in [3.63, 3.8) is 0 Å². The molecule has 0 bridgehead atoms. The van der Waals surface area contributed by atoms with Crippen molar-refractivity contribution in [1.82, 2.24) is 9.88 Å². The van der Waals surface area contributed by atoms with Crippen LogP contribution in [0.5, 0.6) is 11.5 Å². The van der Waals surface area contributed by atoms with Gasteiger partial charge in [0.25, 0.3) is 5.91 Å². The number of nitrogens with one attached hydrogen (secondary N) is 2. The number of likely N-dealkylation sites (tertiary alicyclic amines) is 1. The number of amides is 3. The number of fused-ring (bicyclic) bond motifs is 2. The Hall–Kier alpha value is -3.62. The van der Waals surface area contributed by atoms with Gasteiger partial charge in [-0.05, 0) is 42.5 Å². The van der Waals surface area contributed by atoms with Gasteiger partial charge >= 0.3 is 10.8 Å². The highest BCUT2D eigenvalue weighted by molar-refractivity contribution is 9.10. The summed E-state index contributed by atoms with van der Waals surface area (Å²) in [5, 5.41) is 20.8. The van der Waals surface area contributed by atoms with E-state index in [-0.39, 0.29) is 23.0 Å². The van der Waals surface area contributed by atoms with Crippen molar-refractivity contribution in [2.24, 2.45) is 5.92 Å². The Morgan fingerprint density at radius 3 is 2.55 bits per heavy atom. The number of aliphatic carboxylic acids is 1. The van der Waals surface area contributed by atoms with Gasteiger partial charge in [0.05, 0.1) is 10.9 Å². The minimum absolute atomic E-state index is 0.0518. The molecule has 0 saturated carbocycles. The van der Waals surface area contributed by atoms with Gasteiger partial charge in [-0.3, -0.25) is 28.9 Å². The molecular formula is C24H18BrN3O8S2. The lowest BCUT2D eigenvalue weighted by Gasteiger charge is -2.31. The smallest absolute Gasteiger partial charge is 0.323 e. The summed E-state index contributed by atoms with van der Waals surface area (Å²) in [5.41, 5.74) is 0.914. The predicted molar refractivity (Wildman–Crippen MR) is 141 cm³/mol. The lowest BCUT2D eigenvalue weighted by atomic mass is 9.82. The number of carboxylic acid groups (broad SMARTS) is 1. The van der Waals surface area contributed by atoms with Crippen molar-refractivity contribution in [3.8, 4) is 11.5 Å². The SMILES string of the molecule is O=C(O)CN1C(=O)C2Sc3[nH]c(=O)sc3[C@@H](c3cc(Br)ccc3OCC(=O)Nc3ccc(O)cc3)C2C1=O. The summed E-state index contributed by atoms with van der Waals surface area (Å²) >= 11 is 5.35. The summed E-state index contributed by atoms with van der Waals surface area (Å²) in [6.07, 6.45) is 0. The molecular weight excluding hydrogens is 602 g/mol. The molecule has 3 heterocycles. The highest BCUT2D eigenvalue weighted by atomic mass is 79.9. The number of benzene rings is 2. The molecule has 4 N–H and O–H groups in total. The normalized spacial score (nSPS) is 20.1. The lowest BCUT2D eigenvalue weighted by molar-refractivity contribution is -0.149. The molecule has 2 aliphatic rings. The molecule has 11 nitrogen and oxygen atoms in total. The van der Waals surface area contributed by atoms with Crippen LogP contribution in [-0.4, -0.2) is 62.2 Å². The second-order valence-corrected chi connectivity index (χ2v) is 11.6. The van der Waals surface area contributed by atoms with Crippen LogP contribution in [0.3, 0.4) is 0 Å². The Morgan fingerprint density at radius 2 is 1.84 bits per heavy atom. The number of phenolic OH excluding ortho intramolecular Hbond substituents is 1. The summed E-state index contributed by atoms with van der Waals surface area (Å²) < 4.78 is 6.48. The Bertz CT molecular complexity index is 1520. The van der Waals surface area contributed by atoms with Gasteiger partial charge in [0.1, 0.15) is 23.3 Å². The third kappa shape index (κ3) is 4.93. The van der Waals surface area contributed by atoms with E-state index in [1.54, 1.807) is 18.2 Å². The van der Waals surface area contributed by atoms with Gasteiger partial charge < -0.3 is 25.3 Å². The maximum atomic E-state index is 13.4. The topological polar surface area (TPSA) is 166 Å². The van der Waals surface area contributed by atoms with Crippen molar-refractivity contribution in [2.45, 2.75) is 16.2 Å². The summed E-state index contributed by atoms with van der Waals surface area (Å²) in [6.45, 7) is -1.15. The number of H-pyrrole nitrogens is 1. The van der Waals surface area contributed by atoms with E-state index in [0.717, 1.165) is 28.0 Å². The molecule has 2 aromatic carbocycles. The number of imide groups is 1. The van der Waals surface area contributed by atoms with E-state index in [4.69, 9.17) is 4.74 Å². The van der Waals surface area contributed by atoms with Gasteiger partial charge in [-0.15, -0.1) is 0 Å². The fraction of sp³-hybridized carbons (Fsp3) is 0.208. The number of aromatic hydroxyl groups is 1. The number of phenols is 1. The first kappa shape index (κ1) is 26.0. The molecule has 14 heteroatoms. The Morgan fingerprint density at radius 1 is 1.11 bits per heavy atom. The zero-order valence-corrected chi connectivity index (χ0v) is 22.4. The highest BCUT2D eigenvalue weighted by Crippen LogP contribution is 2.54. The number of aromatic nitrogens is 1. The van der Waals surface area contributed by atoms with Crippen LogP contribution >= 0.6 is 39.0 Å². The molecule has 1 aromatic heterocycles. The Labute approximate surface area is 230 Å². The molecule has 38 heavy (non-hydrogen) atoms. The fourth-order valence-electron chi connectivity index (χ4n) is 4.48.